The van der Waals surface area contributed by atoms with Crippen molar-refractivity contribution in [2.45, 2.75) is 6.61 Å². The van der Waals surface area contributed by atoms with Crippen molar-refractivity contribution in [2.24, 2.45) is 5.11 Å². The summed E-state index contributed by atoms with van der Waals surface area (Å²) < 4.78 is 0. The maximum Gasteiger partial charge on any atom is 0.0933 e. The molecule has 0 amide bonds. The van der Waals surface area contributed by atoms with Crippen LogP contribution in [-0.4, -0.2) is 13.1 Å². The first-order valence-corrected chi connectivity index (χ1v) is 4.33. The maximum absolute atomic E-state index is 7.99. The molecule has 0 radical (unpaired) electrons. The van der Waals surface area contributed by atoms with E-state index in [4.69, 9.17) is 10.4 Å². The summed E-state index contributed by atoms with van der Waals surface area (Å²) in [6.45, 7) is 1.43. The summed E-state index contributed by atoms with van der Waals surface area (Å²) in [7, 11) is 0. The van der Waals surface area contributed by atoms with Gasteiger partial charge in [0.15, 0.2) is 0 Å². The lowest BCUT2D eigenvalue weighted by Crippen LogP contribution is -2.17. The Morgan fingerprint density at radius 1 is 1.36 bits per heavy atom. The molecule has 5 nitrogen and oxygen atoms in total. The summed E-state index contributed by atoms with van der Waals surface area (Å²) in [6, 6.07) is 9.83. The number of nitrogens with one attached hydrogen (secondary N) is 1. The van der Waals surface area contributed by atoms with Gasteiger partial charge in [-0.25, -0.2) is 5.48 Å². The molecule has 1 aromatic rings. The Kier molecular flexibility index (Phi) is 5.20. The number of azide groups is 1. The van der Waals surface area contributed by atoms with Gasteiger partial charge in [-0.05, 0) is 11.1 Å². The third-order valence-corrected chi connectivity index (χ3v) is 1.56. The molecule has 0 aliphatic rings. The van der Waals surface area contributed by atoms with Gasteiger partial charge in [-0.1, -0.05) is 35.4 Å². The van der Waals surface area contributed by atoms with Crippen LogP contribution in [0.5, 0.6) is 0 Å². The number of nitrogens with zero attached hydrogens (tertiary/aromatic N) is 3. The van der Waals surface area contributed by atoms with Gasteiger partial charge in [-0.2, -0.15) is 0 Å². The fraction of sp³-hybridized carbons (Fsp3) is 0.333. The van der Waals surface area contributed by atoms with Crippen molar-refractivity contribution in [3.05, 3.63) is 46.3 Å². The largest absolute Gasteiger partial charge is 0.297 e. The molecule has 0 fully saturated rings. The minimum absolute atomic E-state index is 0.394. The molecule has 0 saturated heterocycles. The standard InChI is InChI=1S/C9H12N4O/c10-13-11-6-7-12-14-8-9-4-2-1-3-5-9/h1-5,12H,6-8H2. The predicted octanol–water partition coefficient (Wildman–Crippen LogP) is 2.02. The van der Waals surface area contributed by atoms with Crippen LogP contribution >= 0.6 is 0 Å². The highest BCUT2D eigenvalue weighted by Crippen LogP contribution is 1.98. The Hall–Kier alpha value is -1.55. The van der Waals surface area contributed by atoms with E-state index in [2.05, 4.69) is 15.5 Å². The van der Waals surface area contributed by atoms with Crippen LogP contribution < -0.4 is 5.48 Å². The Bertz CT molecular complexity index is 295. The maximum atomic E-state index is 7.99. The van der Waals surface area contributed by atoms with E-state index in [-0.39, 0.29) is 0 Å². The molecule has 5 heteroatoms. The van der Waals surface area contributed by atoms with Gasteiger partial charge in [0.1, 0.15) is 0 Å². The van der Waals surface area contributed by atoms with E-state index in [0.29, 0.717) is 19.7 Å². The van der Waals surface area contributed by atoms with E-state index in [0.717, 1.165) is 5.56 Å². The summed E-state index contributed by atoms with van der Waals surface area (Å²) in [6.07, 6.45) is 0. The van der Waals surface area contributed by atoms with E-state index in [1.165, 1.54) is 0 Å². The van der Waals surface area contributed by atoms with Gasteiger partial charge < -0.3 is 0 Å². The molecule has 1 N–H and O–H groups in total. The van der Waals surface area contributed by atoms with Crippen molar-refractivity contribution in [2.75, 3.05) is 13.1 Å². The fourth-order valence-corrected chi connectivity index (χ4v) is 0.921. The minimum Gasteiger partial charge on any atom is -0.297 e. The lowest BCUT2D eigenvalue weighted by molar-refractivity contribution is 0.0300. The highest BCUT2D eigenvalue weighted by molar-refractivity contribution is 5.13. The van der Waals surface area contributed by atoms with E-state index in [1.54, 1.807) is 0 Å². The first kappa shape index (κ1) is 10.5. The molecule has 1 rings (SSSR count). The van der Waals surface area contributed by atoms with Crippen LogP contribution in [0.2, 0.25) is 0 Å². The van der Waals surface area contributed by atoms with Crippen molar-refractivity contribution >= 4 is 0 Å². The van der Waals surface area contributed by atoms with E-state index >= 15 is 0 Å². The Balaban J connectivity index is 2.07. The topological polar surface area (TPSA) is 70.0 Å². The number of rotatable bonds is 6. The molecule has 0 unspecified atom stereocenters. The second-order valence-electron chi connectivity index (χ2n) is 2.62. The quantitative estimate of drug-likeness (QED) is 0.246. The molecule has 0 heterocycles. The van der Waals surface area contributed by atoms with Crippen LogP contribution in [0, 0.1) is 0 Å². The summed E-state index contributed by atoms with van der Waals surface area (Å²) in [5.74, 6) is 0. The van der Waals surface area contributed by atoms with Gasteiger partial charge in [0, 0.05) is 18.0 Å². The molecule has 1 aromatic carbocycles. The van der Waals surface area contributed by atoms with E-state index in [1.807, 2.05) is 30.3 Å². The van der Waals surface area contributed by atoms with Crippen molar-refractivity contribution < 1.29 is 4.84 Å². The average molecular weight is 192 g/mol. The molecule has 0 bridgehead atoms. The lowest BCUT2D eigenvalue weighted by Gasteiger charge is -2.03. The number of hydrogen-bond donors (Lipinski definition) is 1. The van der Waals surface area contributed by atoms with Crippen LogP contribution in [-0.2, 0) is 11.4 Å². The molecule has 0 atom stereocenters. The minimum atomic E-state index is 0.394. The lowest BCUT2D eigenvalue weighted by atomic mass is 10.2. The SMILES string of the molecule is [N-]=[N+]=NCCNOCc1ccccc1. The van der Waals surface area contributed by atoms with Crippen LogP contribution in [0.4, 0.5) is 0 Å². The normalized spacial score (nSPS) is 9.43. The summed E-state index contributed by atoms with van der Waals surface area (Å²) in [4.78, 5) is 7.75. The second kappa shape index (κ2) is 6.91. The molecular formula is C9H12N4O. The molecule has 14 heavy (non-hydrogen) atoms. The first-order valence-electron chi connectivity index (χ1n) is 4.33. The van der Waals surface area contributed by atoms with Crippen LogP contribution in [0.15, 0.2) is 35.4 Å². The van der Waals surface area contributed by atoms with Gasteiger partial charge in [0.25, 0.3) is 0 Å². The summed E-state index contributed by atoms with van der Waals surface area (Å²) in [5, 5.41) is 3.35. The van der Waals surface area contributed by atoms with Crippen molar-refractivity contribution in [1.29, 1.82) is 0 Å². The average Bonchev–Trinajstić information content (AvgIpc) is 2.25. The number of hydrogen-bond acceptors (Lipinski definition) is 3. The smallest absolute Gasteiger partial charge is 0.0933 e. The molecule has 74 valence electrons. The molecule has 0 aromatic heterocycles. The Labute approximate surface area is 82.3 Å². The van der Waals surface area contributed by atoms with Gasteiger partial charge in [0.2, 0.25) is 0 Å². The number of benzene rings is 1. The van der Waals surface area contributed by atoms with Crippen LogP contribution in [0.1, 0.15) is 5.56 Å². The van der Waals surface area contributed by atoms with E-state index < -0.39 is 0 Å². The molecule has 0 spiro atoms. The Morgan fingerprint density at radius 3 is 2.86 bits per heavy atom. The molecular weight excluding hydrogens is 180 g/mol. The van der Waals surface area contributed by atoms with Crippen LogP contribution in [0.3, 0.4) is 0 Å². The number of hydroxylamine groups is 1. The fourth-order valence-electron chi connectivity index (χ4n) is 0.921. The predicted molar refractivity (Wildman–Crippen MR) is 53.2 cm³/mol. The highest BCUT2D eigenvalue weighted by Gasteiger charge is 1.90. The zero-order valence-electron chi connectivity index (χ0n) is 7.76. The van der Waals surface area contributed by atoms with Crippen molar-refractivity contribution in [3.63, 3.8) is 0 Å². The third-order valence-electron chi connectivity index (χ3n) is 1.56. The second-order valence-corrected chi connectivity index (χ2v) is 2.62. The van der Waals surface area contributed by atoms with E-state index in [9.17, 15) is 0 Å². The third kappa shape index (κ3) is 4.47. The zero-order chi connectivity index (χ0) is 10.1. The monoisotopic (exact) mass is 192 g/mol. The zero-order valence-corrected chi connectivity index (χ0v) is 7.76. The molecule has 0 aliphatic carbocycles. The van der Waals surface area contributed by atoms with Gasteiger partial charge >= 0.3 is 0 Å². The molecule has 0 saturated carbocycles. The first-order chi connectivity index (χ1) is 6.93. The van der Waals surface area contributed by atoms with Crippen LogP contribution in [0.25, 0.3) is 10.4 Å². The van der Waals surface area contributed by atoms with Crippen molar-refractivity contribution in [3.8, 4) is 0 Å². The van der Waals surface area contributed by atoms with Gasteiger partial charge in [-0.3, -0.25) is 4.84 Å². The summed E-state index contributed by atoms with van der Waals surface area (Å²) in [5.41, 5.74) is 11.8. The van der Waals surface area contributed by atoms with Gasteiger partial charge in [0.05, 0.1) is 6.61 Å². The van der Waals surface area contributed by atoms with Gasteiger partial charge in [-0.15, -0.1) is 0 Å². The van der Waals surface area contributed by atoms with Crippen molar-refractivity contribution in [1.82, 2.24) is 5.48 Å². The summed E-state index contributed by atoms with van der Waals surface area (Å²) >= 11 is 0. The highest BCUT2D eigenvalue weighted by atomic mass is 16.6. The molecule has 0 aliphatic heterocycles. The Morgan fingerprint density at radius 2 is 2.14 bits per heavy atom.